The summed E-state index contributed by atoms with van der Waals surface area (Å²) in [6.07, 6.45) is 2.99. The number of anilines is 1. The molecule has 2 heterocycles. The van der Waals surface area contributed by atoms with Crippen LogP contribution in [0.5, 0.6) is 5.75 Å². The van der Waals surface area contributed by atoms with Crippen LogP contribution in [-0.2, 0) is 11.2 Å². The molecular formula is C14H12N4O4S. The minimum absolute atomic E-state index is 0.114. The zero-order valence-corrected chi connectivity index (χ0v) is 12.8. The van der Waals surface area contributed by atoms with Gasteiger partial charge in [0, 0.05) is 11.6 Å². The van der Waals surface area contributed by atoms with Crippen molar-refractivity contribution in [1.82, 2.24) is 9.97 Å². The van der Waals surface area contributed by atoms with E-state index >= 15 is 0 Å². The maximum absolute atomic E-state index is 12.1. The molecule has 3 aromatic rings. The van der Waals surface area contributed by atoms with Gasteiger partial charge >= 0.3 is 5.00 Å². The molecular weight excluding hydrogens is 320 g/mol. The van der Waals surface area contributed by atoms with Crippen molar-refractivity contribution in [3.05, 3.63) is 46.3 Å². The molecule has 1 aromatic carbocycles. The Hall–Kier alpha value is -2.94. The molecule has 9 heteroatoms. The number of aromatic nitrogens is 2. The molecule has 0 aliphatic rings. The summed E-state index contributed by atoms with van der Waals surface area (Å²) in [4.78, 5) is 29.1. The van der Waals surface area contributed by atoms with Crippen LogP contribution in [0.1, 0.15) is 5.56 Å². The van der Waals surface area contributed by atoms with E-state index in [2.05, 4.69) is 15.3 Å². The fraction of sp³-hybridized carbons (Fsp3) is 0.143. The summed E-state index contributed by atoms with van der Waals surface area (Å²) in [7, 11) is 1.58. The van der Waals surface area contributed by atoms with Crippen molar-refractivity contribution < 1.29 is 14.5 Å². The number of fused-ring (bicyclic) bond motifs is 1. The van der Waals surface area contributed by atoms with Crippen molar-refractivity contribution in [3.63, 3.8) is 0 Å². The van der Waals surface area contributed by atoms with Gasteiger partial charge in [0.2, 0.25) is 5.91 Å². The number of benzene rings is 1. The SMILES string of the molecule is COc1cccc2c(CC(=O)Nc3ncc([N+](=O)[O-])s3)c[nH]c12. The second kappa shape index (κ2) is 6.05. The average Bonchev–Trinajstić information content (AvgIpc) is 3.14. The van der Waals surface area contributed by atoms with Crippen molar-refractivity contribution in [1.29, 1.82) is 0 Å². The van der Waals surface area contributed by atoms with Gasteiger partial charge in [-0.2, -0.15) is 0 Å². The lowest BCUT2D eigenvalue weighted by Gasteiger charge is -2.02. The summed E-state index contributed by atoms with van der Waals surface area (Å²) < 4.78 is 5.26. The summed E-state index contributed by atoms with van der Waals surface area (Å²) in [5, 5.41) is 14.2. The Kier molecular flexibility index (Phi) is 3.94. The Bertz CT molecular complexity index is 886. The van der Waals surface area contributed by atoms with Crippen LogP contribution < -0.4 is 10.1 Å². The standard InChI is InChI=1S/C14H12N4O4S/c1-22-10-4-2-3-9-8(6-15-13(9)10)5-11(19)17-14-16-7-12(23-14)18(20)21/h2-4,6-7,15H,5H2,1H3,(H,16,17,19). The van der Waals surface area contributed by atoms with Crippen molar-refractivity contribution in [3.8, 4) is 5.75 Å². The van der Waals surface area contributed by atoms with E-state index in [0.717, 1.165) is 34.0 Å². The first-order valence-electron chi connectivity index (χ1n) is 6.61. The summed E-state index contributed by atoms with van der Waals surface area (Å²) in [5.41, 5.74) is 1.63. The minimum atomic E-state index is -0.542. The van der Waals surface area contributed by atoms with Crippen LogP contribution in [0.25, 0.3) is 10.9 Å². The van der Waals surface area contributed by atoms with Gasteiger partial charge in [-0.15, -0.1) is 0 Å². The molecule has 0 aliphatic heterocycles. The van der Waals surface area contributed by atoms with Gasteiger partial charge in [-0.1, -0.05) is 12.1 Å². The van der Waals surface area contributed by atoms with Gasteiger partial charge in [0.05, 0.1) is 24.0 Å². The minimum Gasteiger partial charge on any atom is -0.495 e. The van der Waals surface area contributed by atoms with E-state index in [1.165, 1.54) is 0 Å². The normalized spacial score (nSPS) is 10.7. The van der Waals surface area contributed by atoms with E-state index in [-0.39, 0.29) is 22.5 Å². The van der Waals surface area contributed by atoms with Crippen LogP contribution in [0.3, 0.4) is 0 Å². The largest absolute Gasteiger partial charge is 0.495 e. The Morgan fingerprint density at radius 2 is 2.35 bits per heavy atom. The monoisotopic (exact) mass is 332 g/mol. The molecule has 1 amide bonds. The fourth-order valence-corrected chi connectivity index (χ4v) is 2.89. The number of thiazole rings is 1. The number of hydrogen-bond donors (Lipinski definition) is 2. The number of nitrogens with one attached hydrogen (secondary N) is 2. The molecule has 8 nitrogen and oxygen atoms in total. The Morgan fingerprint density at radius 1 is 1.52 bits per heavy atom. The molecule has 0 saturated carbocycles. The van der Waals surface area contributed by atoms with E-state index in [4.69, 9.17) is 4.74 Å². The Labute approximate surface area is 134 Å². The van der Waals surface area contributed by atoms with E-state index in [9.17, 15) is 14.9 Å². The van der Waals surface area contributed by atoms with Crippen molar-refractivity contribution >= 4 is 38.3 Å². The fourth-order valence-electron chi connectivity index (χ4n) is 2.25. The summed E-state index contributed by atoms with van der Waals surface area (Å²) in [5.74, 6) is 0.405. The molecule has 0 atom stereocenters. The lowest BCUT2D eigenvalue weighted by Crippen LogP contribution is -2.13. The molecule has 0 bridgehead atoms. The molecule has 3 rings (SSSR count). The van der Waals surface area contributed by atoms with E-state index < -0.39 is 4.92 Å². The third kappa shape index (κ3) is 2.99. The predicted octanol–water partition coefficient (Wildman–Crippen LogP) is 2.72. The number of nitro groups is 1. The number of H-pyrrole nitrogens is 1. The maximum Gasteiger partial charge on any atom is 0.345 e. The molecule has 2 aromatic heterocycles. The van der Waals surface area contributed by atoms with Crippen LogP contribution in [0.2, 0.25) is 0 Å². The topological polar surface area (TPSA) is 110 Å². The number of carbonyl (C=O) groups excluding carboxylic acids is 1. The molecule has 2 N–H and O–H groups in total. The van der Waals surface area contributed by atoms with E-state index in [1.54, 1.807) is 13.3 Å². The summed E-state index contributed by atoms with van der Waals surface area (Å²) >= 11 is 0.822. The number of nitrogens with zero attached hydrogens (tertiary/aromatic N) is 2. The number of hydrogen-bond acceptors (Lipinski definition) is 6. The number of rotatable bonds is 5. The zero-order chi connectivity index (χ0) is 16.4. The second-order valence-electron chi connectivity index (χ2n) is 4.68. The number of carbonyl (C=O) groups is 1. The van der Waals surface area contributed by atoms with Gasteiger partial charge in [-0.25, -0.2) is 4.98 Å². The molecule has 0 spiro atoms. The average molecular weight is 332 g/mol. The Morgan fingerprint density at radius 3 is 3.04 bits per heavy atom. The van der Waals surface area contributed by atoms with Gasteiger partial charge in [0.1, 0.15) is 11.9 Å². The quantitative estimate of drug-likeness (QED) is 0.551. The molecule has 118 valence electrons. The number of para-hydroxylation sites is 1. The molecule has 0 radical (unpaired) electrons. The third-order valence-corrected chi connectivity index (χ3v) is 4.12. The van der Waals surface area contributed by atoms with E-state index in [1.807, 2.05) is 18.2 Å². The molecule has 23 heavy (non-hydrogen) atoms. The smallest absolute Gasteiger partial charge is 0.345 e. The maximum atomic E-state index is 12.1. The lowest BCUT2D eigenvalue weighted by atomic mass is 10.1. The van der Waals surface area contributed by atoms with Crippen LogP contribution in [0.4, 0.5) is 10.1 Å². The van der Waals surface area contributed by atoms with Gasteiger partial charge in [-0.05, 0) is 23.0 Å². The van der Waals surface area contributed by atoms with Crippen molar-refractivity contribution in [2.45, 2.75) is 6.42 Å². The van der Waals surface area contributed by atoms with Crippen LogP contribution in [-0.4, -0.2) is 27.9 Å². The highest BCUT2D eigenvalue weighted by atomic mass is 32.1. The summed E-state index contributed by atoms with van der Waals surface area (Å²) in [6.45, 7) is 0. The Balaban J connectivity index is 1.76. The van der Waals surface area contributed by atoms with E-state index in [0.29, 0.717) is 5.75 Å². The van der Waals surface area contributed by atoms with Crippen LogP contribution >= 0.6 is 11.3 Å². The first kappa shape index (κ1) is 15.0. The number of methoxy groups -OCH3 is 1. The summed E-state index contributed by atoms with van der Waals surface area (Å²) in [6, 6.07) is 5.57. The third-order valence-electron chi connectivity index (χ3n) is 3.25. The molecule has 0 aliphatic carbocycles. The van der Waals surface area contributed by atoms with Gasteiger partial charge in [0.15, 0.2) is 5.13 Å². The second-order valence-corrected chi connectivity index (χ2v) is 5.69. The number of ether oxygens (including phenoxy) is 1. The van der Waals surface area contributed by atoms with Gasteiger partial charge in [0.25, 0.3) is 0 Å². The highest BCUT2D eigenvalue weighted by molar-refractivity contribution is 7.18. The highest BCUT2D eigenvalue weighted by Gasteiger charge is 2.15. The van der Waals surface area contributed by atoms with Gasteiger partial charge in [-0.3, -0.25) is 14.9 Å². The van der Waals surface area contributed by atoms with Crippen LogP contribution in [0, 0.1) is 10.1 Å². The highest BCUT2D eigenvalue weighted by Crippen LogP contribution is 2.28. The van der Waals surface area contributed by atoms with Gasteiger partial charge < -0.3 is 15.0 Å². The number of amides is 1. The first-order chi connectivity index (χ1) is 11.1. The molecule has 0 fully saturated rings. The van der Waals surface area contributed by atoms with Crippen molar-refractivity contribution in [2.24, 2.45) is 0 Å². The zero-order valence-electron chi connectivity index (χ0n) is 12.0. The van der Waals surface area contributed by atoms with Crippen LogP contribution in [0.15, 0.2) is 30.6 Å². The molecule has 0 unspecified atom stereocenters. The predicted molar refractivity (Wildman–Crippen MR) is 86.0 cm³/mol. The lowest BCUT2D eigenvalue weighted by molar-refractivity contribution is -0.380. The van der Waals surface area contributed by atoms with Crippen molar-refractivity contribution in [2.75, 3.05) is 12.4 Å². The first-order valence-corrected chi connectivity index (χ1v) is 7.43. The number of aromatic amines is 1. The molecule has 0 saturated heterocycles.